The molecule has 0 aliphatic rings. The number of amides is 3. The Bertz CT molecular complexity index is 1600. The van der Waals surface area contributed by atoms with Crippen LogP contribution in [0, 0.1) is 19.7 Å². The van der Waals surface area contributed by atoms with Crippen LogP contribution in [0.2, 0.25) is 0 Å². The maximum absolute atomic E-state index is 13.5. The first-order chi connectivity index (χ1) is 20.2. The highest BCUT2D eigenvalue weighted by atomic mass is 32.2. The second kappa shape index (κ2) is 14.3. The van der Waals surface area contributed by atoms with Gasteiger partial charge >= 0.3 is 0 Å². The minimum absolute atomic E-state index is 0.00662. The third kappa shape index (κ3) is 8.41. The highest BCUT2D eigenvalue weighted by Gasteiger charge is 2.20. The van der Waals surface area contributed by atoms with Gasteiger partial charge in [0, 0.05) is 21.8 Å². The third-order valence-electron chi connectivity index (χ3n) is 6.39. The maximum atomic E-state index is 13.5. The van der Waals surface area contributed by atoms with Crippen LogP contribution in [-0.2, 0) is 9.59 Å². The normalized spacial score (nSPS) is 11.9. The first kappa shape index (κ1) is 30.3. The van der Waals surface area contributed by atoms with Gasteiger partial charge in [-0.1, -0.05) is 55.5 Å². The third-order valence-corrected chi connectivity index (χ3v) is 7.75. The fourth-order valence-corrected chi connectivity index (χ4v) is 5.10. The second-order valence-electron chi connectivity index (χ2n) is 9.73. The van der Waals surface area contributed by atoms with Crippen molar-refractivity contribution in [2.45, 2.75) is 37.3 Å². The van der Waals surface area contributed by atoms with Gasteiger partial charge in [0.1, 0.15) is 11.5 Å². The molecule has 1 unspecified atom stereocenters. The summed E-state index contributed by atoms with van der Waals surface area (Å²) in [6.45, 7) is 5.89. The van der Waals surface area contributed by atoms with Gasteiger partial charge in [0.15, 0.2) is 0 Å². The molecule has 4 rings (SSSR count). The molecule has 4 aromatic carbocycles. The van der Waals surface area contributed by atoms with Gasteiger partial charge < -0.3 is 16.0 Å². The molecule has 0 aromatic heterocycles. The molecular weight excluding hydrogens is 549 g/mol. The summed E-state index contributed by atoms with van der Waals surface area (Å²) in [5.74, 6) is -1.51. The number of thioether (sulfide) groups is 1. The van der Waals surface area contributed by atoms with Gasteiger partial charge in [0.25, 0.3) is 11.8 Å². The van der Waals surface area contributed by atoms with Crippen molar-refractivity contribution in [1.82, 2.24) is 5.32 Å². The second-order valence-corrected chi connectivity index (χ2v) is 11.0. The van der Waals surface area contributed by atoms with Crippen LogP contribution in [0.25, 0.3) is 6.08 Å². The summed E-state index contributed by atoms with van der Waals surface area (Å²) in [6, 6.07) is 27.2. The van der Waals surface area contributed by atoms with Crippen molar-refractivity contribution in [3.8, 4) is 0 Å². The lowest BCUT2D eigenvalue weighted by molar-refractivity contribution is -0.116. The number of rotatable bonds is 10. The first-order valence-corrected chi connectivity index (χ1v) is 14.4. The molecule has 0 saturated heterocycles. The number of anilines is 2. The van der Waals surface area contributed by atoms with Crippen LogP contribution in [0.4, 0.5) is 15.8 Å². The lowest BCUT2D eigenvalue weighted by Gasteiger charge is -2.17. The van der Waals surface area contributed by atoms with E-state index in [0.29, 0.717) is 23.2 Å². The standard InChI is InChI=1S/C34H32FN3O3S/c1-4-31(34(41)37-29-19-22(2)13-14-23(29)3)42-28-12-8-11-27(21-28)36-33(40)30(20-24-15-17-26(35)18-16-24)38-32(39)25-9-6-5-7-10-25/h5-21,31H,4H2,1-3H3,(H,36,40)(H,37,41)(H,38,39)/b30-20-. The monoisotopic (exact) mass is 581 g/mol. The highest BCUT2D eigenvalue weighted by Crippen LogP contribution is 2.29. The molecule has 3 N–H and O–H groups in total. The van der Waals surface area contributed by atoms with Crippen molar-refractivity contribution in [2.24, 2.45) is 0 Å². The average Bonchev–Trinajstić information content (AvgIpc) is 2.99. The molecule has 6 nitrogen and oxygen atoms in total. The quantitative estimate of drug-likeness (QED) is 0.135. The van der Waals surface area contributed by atoms with E-state index < -0.39 is 17.6 Å². The molecule has 0 fully saturated rings. The van der Waals surface area contributed by atoms with Crippen LogP contribution in [0.15, 0.2) is 108 Å². The number of benzene rings is 4. The molecule has 0 aliphatic carbocycles. The van der Waals surface area contributed by atoms with E-state index in [1.54, 1.807) is 48.5 Å². The van der Waals surface area contributed by atoms with Gasteiger partial charge in [0.05, 0.1) is 5.25 Å². The Hall–Kier alpha value is -4.69. The highest BCUT2D eigenvalue weighted by molar-refractivity contribution is 8.00. The van der Waals surface area contributed by atoms with Gasteiger partial charge in [0.2, 0.25) is 5.91 Å². The minimum atomic E-state index is -0.550. The van der Waals surface area contributed by atoms with Crippen LogP contribution >= 0.6 is 11.8 Å². The van der Waals surface area contributed by atoms with Gasteiger partial charge in [-0.2, -0.15) is 0 Å². The van der Waals surface area contributed by atoms with E-state index in [2.05, 4.69) is 16.0 Å². The number of hydrogen-bond donors (Lipinski definition) is 3. The zero-order valence-corrected chi connectivity index (χ0v) is 24.4. The number of aryl methyl sites for hydroxylation is 2. The summed E-state index contributed by atoms with van der Waals surface area (Å²) in [5.41, 5.74) is 4.26. The van der Waals surface area contributed by atoms with Gasteiger partial charge in [-0.15, -0.1) is 11.8 Å². The number of carbonyl (C=O) groups is 3. The molecule has 0 saturated carbocycles. The van der Waals surface area contributed by atoms with Crippen LogP contribution in [0.3, 0.4) is 0 Å². The van der Waals surface area contributed by atoms with E-state index in [0.717, 1.165) is 21.7 Å². The van der Waals surface area contributed by atoms with Crippen LogP contribution in [0.5, 0.6) is 0 Å². The van der Waals surface area contributed by atoms with Crippen LogP contribution < -0.4 is 16.0 Å². The predicted molar refractivity (Wildman–Crippen MR) is 168 cm³/mol. The fraction of sp³-hybridized carbons (Fsp3) is 0.147. The van der Waals surface area contributed by atoms with E-state index in [9.17, 15) is 18.8 Å². The van der Waals surface area contributed by atoms with E-state index in [4.69, 9.17) is 0 Å². The van der Waals surface area contributed by atoms with Gasteiger partial charge in [-0.25, -0.2) is 4.39 Å². The molecule has 4 aromatic rings. The molecule has 214 valence electrons. The van der Waals surface area contributed by atoms with Crippen LogP contribution in [0.1, 0.15) is 40.4 Å². The van der Waals surface area contributed by atoms with Crippen molar-refractivity contribution in [1.29, 1.82) is 0 Å². The fourth-order valence-electron chi connectivity index (χ4n) is 4.08. The molecule has 8 heteroatoms. The number of carbonyl (C=O) groups excluding carboxylic acids is 3. The van der Waals surface area contributed by atoms with Crippen molar-refractivity contribution in [2.75, 3.05) is 10.6 Å². The number of hydrogen-bond acceptors (Lipinski definition) is 4. The smallest absolute Gasteiger partial charge is 0.272 e. The molecule has 0 heterocycles. The summed E-state index contributed by atoms with van der Waals surface area (Å²) in [6.07, 6.45) is 2.09. The summed E-state index contributed by atoms with van der Waals surface area (Å²) >= 11 is 1.40. The SMILES string of the molecule is CCC(Sc1cccc(NC(=O)/C(=C/c2ccc(F)cc2)NC(=O)c2ccccc2)c1)C(=O)Nc1cc(C)ccc1C. The van der Waals surface area contributed by atoms with E-state index >= 15 is 0 Å². The molecular formula is C34H32FN3O3S. The lowest BCUT2D eigenvalue weighted by atomic mass is 10.1. The summed E-state index contributed by atoms with van der Waals surface area (Å²) < 4.78 is 13.5. The van der Waals surface area contributed by atoms with E-state index in [1.807, 2.05) is 45.0 Å². The minimum Gasteiger partial charge on any atom is -0.325 e. The molecule has 42 heavy (non-hydrogen) atoms. The predicted octanol–water partition coefficient (Wildman–Crippen LogP) is 7.36. The van der Waals surface area contributed by atoms with Gasteiger partial charge in [-0.05, 0) is 91.6 Å². The Kier molecular flexibility index (Phi) is 10.3. The van der Waals surface area contributed by atoms with Crippen molar-refractivity contribution in [3.05, 3.63) is 131 Å². The molecule has 1 atom stereocenters. The Labute approximate surface area is 249 Å². The van der Waals surface area contributed by atoms with Crippen molar-refractivity contribution >= 4 is 46.9 Å². The topological polar surface area (TPSA) is 87.3 Å². The molecule has 3 amide bonds. The summed E-state index contributed by atoms with van der Waals surface area (Å²) in [5, 5.41) is 8.20. The van der Waals surface area contributed by atoms with Gasteiger partial charge in [-0.3, -0.25) is 14.4 Å². The van der Waals surface area contributed by atoms with Crippen LogP contribution in [-0.4, -0.2) is 23.0 Å². The van der Waals surface area contributed by atoms with E-state index in [-0.39, 0.29) is 16.9 Å². The molecule has 0 aliphatic heterocycles. The lowest BCUT2D eigenvalue weighted by Crippen LogP contribution is -2.30. The number of halogens is 1. The molecule has 0 radical (unpaired) electrons. The summed E-state index contributed by atoms with van der Waals surface area (Å²) in [7, 11) is 0. The Balaban J connectivity index is 1.50. The Morgan fingerprint density at radius 2 is 1.60 bits per heavy atom. The van der Waals surface area contributed by atoms with Crippen molar-refractivity contribution in [3.63, 3.8) is 0 Å². The Morgan fingerprint density at radius 3 is 2.31 bits per heavy atom. The number of nitrogens with one attached hydrogen (secondary N) is 3. The molecule has 0 spiro atoms. The summed E-state index contributed by atoms with van der Waals surface area (Å²) in [4.78, 5) is 40.1. The molecule has 0 bridgehead atoms. The first-order valence-electron chi connectivity index (χ1n) is 13.5. The Morgan fingerprint density at radius 1 is 0.857 bits per heavy atom. The van der Waals surface area contributed by atoms with Crippen molar-refractivity contribution < 1.29 is 18.8 Å². The maximum Gasteiger partial charge on any atom is 0.272 e. The van der Waals surface area contributed by atoms with E-state index in [1.165, 1.54) is 42.1 Å². The zero-order valence-electron chi connectivity index (χ0n) is 23.6. The largest absolute Gasteiger partial charge is 0.325 e. The zero-order chi connectivity index (χ0) is 30.1. The average molecular weight is 582 g/mol.